The van der Waals surface area contributed by atoms with Crippen molar-refractivity contribution in [2.75, 3.05) is 6.54 Å². The molecule has 0 aliphatic heterocycles. The van der Waals surface area contributed by atoms with Gasteiger partial charge in [0.15, 0.2) is 0 Å². The van der Waals surface area contributed by atoms with E-state index in [1.54, 1.807) is 13.0 Å². The first kappa shape index (κ1) is 14.8. The summed E-state index contributed by atoms with van der Waals surface area (Å²) in [5.74, 6) is -0.703. The van der Waals surface area contributed by atoms with E-state index in [4.69, 9.17) is 0 Å². The molecule has 3 nitrogen and oxygen atoms in total. The number of amides is 1. The van der Waals surface area contributed by atoms with Gasteiger partial charge in [0.2, 0.25) is 5.91 Å². The molecule has 1 amide bonds. The Morgan fingerprint density at radius 2 is 2.22 bits per heavy atom. The van der Waals surface area contributed by atoms with Crippen LogP contribution in [0.25, 0.3) is 0 Å². The van der Waals surface area contributed by atoms with Gasteiger partial charge in [-0.15, -0.1) is 0 Å². The number of carbonyl (C=O) groups is 1. The molecule has 0 bridgehead atoms. The lowest BCUT2D eigenvalue weighted by molar-refractivity contribution is -0.120. The average molecular weight is 271 g/mol. The molecule has 0 fully saturated rings. The third-order valence-corrected chi connectivity index (χ3v) is 4.12. The number of nitrogens with one attached hydrogen (secondary N) is 1. The van der Waals surface area contributed by atoms with Gasteiger partial charge in [0.1, 0.15) is 11.1 Å². The van der Waals surface area contributed by atoms with Crippen LogP contribution < -0.4 is 5.32 Å². The molecule has 1 aromatic rings. The molecule has 5 heteroatoms. The standard InChI is InChI=1S/C13H18FNO2S/c1-3-4-8-15-13(16)10(2)18(17)12-7-5-6-11(14)9-12/h5-7,9-10H,3-4,8H2,1-2H3,(H,15,16). The number of hydrogen-bond donors (Lipinski definition) is 1. The zero-order chi connectivity index (χ0) is 13.5. The van der Waals surface area contributed by atoms with Crippen molar-refractivity contribution < 1.29 is 13.4 Å². The van der Waals surface area contributed by atoms with Crippen LogP contribution in [0.5, 0.6) is 0 Å². The molecular weight excluding hydrogens is 253 g/mol. The van der Waals surface area contributed by atoms with Crippen molar-refractivity contribution in [1.82, 2.24) is 5.32 Å². The second-order valence-corrected chi connectivity index (χ2v) is 5.81. The van der Waals surface area contributed by atoms with Crippen molar-refractivity contribution in [1.29, 1.82) is 0 Å². The lowest BCUT2D eigenvalue weighted by Gasteiger charge is -2.12. The van der Waals surface area contributed by atoms with Gasteiger partial charge >= 0.3 is 0 Å². The van der Waals surface area contributed by atoms with Crippen LogP contribution in [0.4, 0.5) is 4.39 Å². The van der Waals surface area contributed by atoms with Crippen LogP contribution in [0.2, 0.25) is 0 Å². The van der Waals surface area contributed by atoms with E-state index in [1.165, 1.54) is 18.2 Å². The average Bonchev–Trinajstić information content (AvgIpc) is 2.37. The first-order valence-electron chi connectivity index (χ1n) is 6.00. The molecule has 100 valence electrons. The van der Waals surface area contributed by atoms with Crippen molar-refractivity contribution in [3.05, 3.63) is 30.1 Å². The molecule has 1 rings (SSSR count). The van der Waals surface area contributed by atoms with E-state index in [-0.39, 0.29) is 5.91 Å². The van der Waals surface area contributed by atoms with Crippen LogP contribution in [0.1, 0.15) is 26.7 Å². The highest BCUT2D eigenvalue weighted by atomic mass is 32.2. The third kappa shape index (κ3) is 4.22. The summed E-state index contributed by atoms with van der Waals surface area (Å²) < 4.78 is 25.1. The molecule has 0 spiro atoms. The quantitative estimate of drug-likeness (QED) is 0.807. The fourth-order valence-corrected chi connectivity index (χ4v) is 2.55. The smallest absolute Gasteiger partial charge is 0.235 e. The van der Waals surface area contributed by atoms with Crippen molar-refractivity contribution >= 4 is 16.7 Å². The minimum Gasteiger partial charge on any atom is -0.355 e. The van der Waals surface area contributed by atoms with Crippen LogP contribution >= 0.6 is 0 Å². The highest BCUT2D eigenvalue weighted by molar-refractivity contribution is 7.86. The molecule has 0 radical (unpaired) electrons. The van der Waals surface area contributed by atoms with Gasteiger partial charge < -0.3 is 5.32 Å². The Morgan fingerprint density at radius 3 is 2.83 bits per heavy atom. The minimum absolute atomic E-state index is 0.258. The van der Waals surface area contributed by atoms with E-state index in [0.29, 0.717) is 11.4 Å². The lowest BCUT2D eigenvalue weighted by atomic mass is 10.3. The van der Waals surface area contributed by atoms with Gasteiger partial charge in [-0.1, -0.05) is 19.4 Å². The second-order valence-electron chi connectivity index (χ2n) is 4.04. The molecule has 0 aromatic heterocycles. The highest BCUT2D eigenvalue weighted by Gasteiger charge is 2.21. The normalized spacial score (nSPS) is 13.9. The molecule has 2 unspecified atom stereocenters. The van der Waals surface area contributed by atoms with Gasteiger partial charge in [0.05, 0.1) is 10.8 Å². The Bertz CT molecular complexity index is 437. The largest absolute Gasteiger partial charge is 0.355 e. The van der Waals surface area contributed by atoms with Crippen LogP contribution in [0.3, 0.4) is 0 Å². The van der Waals surface area contributed by atoms with E-state index in [0.717, 1.165) is 12.8 Å². The van der Waals surface area contributed by atoms with E-state index in [9.17, 15) is 13.4 Å². The maximum atomic E-state index is 13.0. The van der Waals surface area contributed by atoms with Gasteiger partial charge in [-0.3, -0.25) is 9.00 Å². The first-order valence-corrected chi connectivity index (χ1v) is 7.21. The third-order valence-electron chi connectivity index (χ3n) is 2.55. The van der Waals surface area contributed by atoms with Crippen molar-refractivity contribution in [3.63, 3.8) is 0 Å². The molecule has 0 aliphatic rings. The molecule has 0 aliphatic carbocycles. The van der Waals surface area contributed by atoms with Crippen molar-refractivity contribution in [2.45, 2.75) is 36.8 Å². The number of rotatable bonds is 6. The van der Waals surface area contributed by atoms with Crippen LogP contribution in [-0.2, 0) is 15.6 Å². The van der Waals surface area contributed by atoms with Gasteiger partial charge in [-0.25, -0.2) is 4.39 Å². The summed E-state index contributed by atoms with van der Waals surface area (Å²) in [6, 6.07) is 5.54. The van der Waals surface area contributed by atoms with E-state index >= 15 is 0 Å². The Morgan fingerprint density at radius 1 is 1.50 bits per heavy atom. The van der Waals surface area contributed by atoms with Crippen LogP contribution in [0.15, 0.2) is 29.2 Å². The van der Waals surface area contributed by atoms with Crippen molar-refractivity contribution in [3.8, 4) is 0 Å². The number of hydrogen-bond acceptors (Lipinski definition) is 2. The van der Waals surface area contributed by atoms with Crippen molar-refractivity contribution in [2.24, 2.45) is 0 Å². The number of unbranched alkanes of at least 4 members (excludes halogenated alkanes) is 1. The molecule has 1 N–H and O–H groups in total. The van der Waals surface area contributed by atoms with Crippen LogP contribution in [0, 0.1) is 5.82 Å². The van der Waals surface area contributed by atoms with E-state index in [2.05, 4.69) is 5.32 Å². The SMILES string of the molecule is CCCCNC(=O)C(C)S(=O)c1cccc(F)c1. The molecule has 0 saturated carbocycles. The zero-order valence-corrected chi connectivity index (χ0v) is 11.4. The summed E-state index contributed by atoms with van der Waals surface area (Å²) in [6.07, 6.45) is 1.88. The fourth-order valence-electron chi connectivity index (χ4n) is 1.43. The maximum absolute atomic E-state index is 13.0. The van der Waals surface area contributed by atoms with Gasteiger partial charge in [0.25, 0.3) is 0 Å². The monoisotopic (exact) mass is 271 g/mol. The summed E-state index contributed by atoms with van der Waals surface area (Å²) in [5, 5.41) is 2.05. The van der Waals surface area contributed by atoms with Gasteiger partial charge in [0, 0.05) is 11.4 Å². The van der Waals surface area contributed by atoms with E-state index in [1.807, 2.05) is 6.92 Å². The number of benzene rings is 1. The lowest BCUT2D eigenvalue weighted by Crippen LogP contribution is -2.36. The molecule has 18 heavy (non-hydrogen) atoms. The Labute approximate surface area is 109 Å². The molecular formula is C13H18FNO2S. The Balaban J connectivity index is 2.63. The van der Waals surface area contributed by atoms with E-state index < -0.39 is 21.9 Å². The summed E-state index contributed by atoms with van der Waals surface area (Å²) in [6.45, 7) is 4.20. The maximum Gasteiger partial charge on any atom is 0.235 e. The molecule has 0 saturated heterocycles. The summed E-state index contributed by atoms with van der Waals surface area (Å²) >= 11 is 0. The summed E-state index contributed by atoms with van der Waals surface area (Å²) in [4.78, 5) is 12.1. The first-order chi connectivity index (χ1) is 8.56. The summed E-state index contributed by atoms with van der Waals surface area (Å²) in [7, 11) is -1.53. The van der Waals surface area contributed by atoms with Gasteiger partial charge in [-0.2, -0.15) is 0 Å². The minimum atomic E-state index is -1.53. The topological polar surface area (TPSA) is 46.2 Å². The zero-order valence-electron chi connectivity index (χ0n) is 10.6. The van der Waals surface area contributed by atoms with Gasteiger partial charge in [-0.05, 0) is 31.5 Å². The number of carbonyl (C=O) groups excluding carboxylic acids is 1. The predicted molar refractivity (Wildman–Crippen MR) is 70.2 cm³/mol. The number of halogens is 1. The molecule has 1 aromatic carbocycles. The highest BCUT2D eigenvalue weighted by Crippen LogP contribution is 2.12. The molecule has 2 atom stereocenters. The molecule has 0 heterocycles. The summed E-state index contributed by atoms with van der Waals surface area (Å²) in [5.41, 5.74) is 0. The van der Waals surface area contributed by atoms with Crippen LogP contribution in [-0.4, -0.2) is 21.9 Å². The predicted octanol–water partition coefficient (Wildman–Crippen LogP) is 2.24. The Kier molecular flexibility index (Phi) is 5.98. The fraction of sp³-hybridized carbons (Fsp3) is 0.462. The Hall–Kier alpha value is -1.23. The second kappa shape index (κ2) is 7.26.